The zero-order chi connectivity index (χ0) is 14.0. The molecule has 0 saturated heterocycles. The fraction of sp³-hybridized carbons (Fsp3) is 0.273. The number of rotatable bonds is 2. The summed E-state index contributed by atoms with van der Waals surface area (Å²) < 4.78 is 86.1. The van der Waals surface area contributed by atoms with Crippen molar-refractivity contribution >= 4 is 0 Å². The molecule has 1 rings (SSSR count). The van der Waals surface area contributed by atoms with Crippen LogP contribution in [0.5, 0.6) is 0 Å². The third kappa shape index (κ3) is 3.75. The summed E-state index contributed by atoms with van der Waals surface area (Å²) in [4.78, 5) is 0. The van der Waals surface area contributed by atoms with E-state index in [9.17, 15) is 30.7 Å². The van der Waals surface area contributed by atoms with Crippen LogP contribution in [0.3, 0.4) is 0 Å². The van der Waals surface area contributed by atoms with Crippen molar-refractivity contribution < 1.29 is 30.7 Å². The number of allylic oxidation sites excluding steroid dienone is 2. The fourth-order valence-electron chi connectivity index (χ4n) is 1.33. The first-order valence-electron chi connectivity index (χ1n) is 4.69. The summed E-state index contributed by atoms with van der Waals surface area (Å²) in [5.74, 6) is -2.24. The molecule has 1 aromatic rings. The molecule has 0 aromatic heterocycles. The molecule has 100 valence electrons. The number of alkyl halides is 6. The molecule has 0 atom stereocenters. The standard InChI is InChI=1S/C11H7F7/c12-8(6-7-4-2-1-3-5-7)9(10(13,14)15)11(16,17)18/h1-5H,6H2. The molecule has 18 heavy (non-hydrogen) atoms. The maximum absolute atomic E-state index is 13.2. The van der Waals surface area contributed by atoms with Crippen LogP contribution in [0.4, 0.5) is 30.7 Å². The minimum absolute atomic E-state index is 0.0287. The van der Waals surface area contributed by atoms with Crippen molar-refractivity contribution in [2.75, 3.05) is 0 Å². The second-order valence-corrected chi connectivity index (χ2v) is 3.44. The minimum atomic E-state index is -5.77. The third-order valence-corrected chi connectivity index (χ3v) is 2.04. The van der Waals surface area contributed by atoms with Crippen LogP contribution in [-0.2, 0) is 6.42 Å². The Bertz CT molecular complexity index is 409. The zero-order valence-electron chi connectivity index (χ0n) is 8.74. The van der Waals surface area contributed by atoms with Gasteiger partial charge in [0, 0.05) is 6.42 Å². The first kappa shape index (κ1) is 14.5. The van der Waals surface area contributed by atoms with Crippen molar-refractivity contribution in [3.05, 3.63) is 47.3 Å². The lowest BCUT2D eigenvalue weighted by atomic mass is 10.1. The van der Waals surface area contributed by atoms with Crippen molar-refractivity contribution in [2.45, 2.75) is 18.8 Å². The summed E-state index contributed by atoms with van der Waals surface area (Å²) in [6.45, 7) is 0. The molecule has 0 spiro atoms. The number of hydrogen-bond donors (Lipinski definition) is 0. The predicted octanol–water partition coefficient (Wildman–Crippen LogP) is 4.58. The second kappa shape index (κ2) is 4.99. The fourth-order valence-corrected chi connectivity index (χ4v) is 1.33. The van der Waals surface area contributed by atoms with Crippen molar-refractivity contribution in [3.63, 3.8) is 0 Å². The largest absolute Gasteiger partial charge is 0.423 e. The van der Waals surface area contributed by atoms with Gasteiger partial charge in [-0.1, -0.05) is 30.3 Å². The van der Waals surface area contributed by atoms with Crippen molar-refractivity contribution in [3.8, 4) is 0 Å². The second-order valence-electron chi connectivity index (χ2n) is 3.44. The van der Waals surface area contributed by atoms with Gasteiger partial charge >= 0.3 is 12.4 Å². The van der Waals surface area contributed by atoms with Gasteiger partial charge in [-0.25, -0.2) is 4.39 Å². The van der Waals surface area contributed by atoms with E-state index in [0.717, 1.165) is 0 Å². The van der Waals surface area contributed by atoms with Gasteiger partial charge in [-0.3, -0.25) is 0 Å². The van der Waals surface area contributed by atoms with E-state index in [4.69, 9.17) is 0 Å². The van der Waals surface area contributed by atoms with Gasteiger partial charge in [0.2, 0.25) is 0 Å². The van der Waals surface area contributed by atoms with Crippen molar-refractivity contribution in [1.82, 2.24) is 0 Å². The van der Waals surface area contributed by atoms with E-state index in [1.54, 1.807) is 0 Å². The molecular weight excluding hydrogens is 265 g/mol. The van der Waals surface area contributed by atoms with Crippen LogP contribution in [0.15, 0.2) is 41.7 Å². The lowest BCUT2D eigenvalue weighted by Gasteiger charge is -2.16. The first-order valence-corrected chi connectivity index (χ1v) is 4.69. The Morgan fingerprint density at radius 1 is 0.833 bits per heavy atom. The van der Waals surface area contributed by atoms with Crippen LogP contribution in [0.1, 0.15) is 5.56 Å². The Morgan fingerprint density at radius 3 is 1.67 bits per heavy atom. The quantitative estimate of drug-likeness (QED) is 0.691. The highest BCUT2D eigenvalue weighted by Gasteiger charge is 2.53. The highest BCUT2D eigenvalue weighted by atomic mass is 19.4. The maximum atomic E-state index is 13.2. The van der Waals surface area contributed by atoms with Gasteiger partial charge in [-0.2, -0.15) is 26.3 Å². The average molecular weight is 272 g/mol. The lowest BCUT2D eigenvalue weighted by Crippen LogP contribution is -2.27. The minimum Gasteiger partial charge on any atom is -0.211 e. The summed E-state index contributed by atoms with van der Waals surface area (Å²) in [5, 5.41) is 0. The molecule has 0 aliphatic rings. The molecule has 0 aliphatic carbocycles. The normalized spacial score (nSPS) is 12.4. The van der Waals surface area contributed by atoms with Gasteiger partial charge in [0.15, 0.2) is 5.57 Å². The van der Waals surface area contributed by atoms with Gasteiger partial charge in [-0.15, -0.1) is 0 Å². The van der Waals surface area contributed by atoms with E-state index in [1.165, 1.54) is 30.3 Å². The Labute approximate surface area is 97.7 Å². The number of hydrogen-bond acceptors (Lipinski definition) is 0. The molecule has 7 heteroatoms. The molecule has 0 N–H and O–H groups in total. The van der Waals surface area contributed by atoms with Gasteiger partial charge in [0.1, 0.15) is 5.83 Å². The highest BCUT2D eigenvalue weighted by Crippen LogP contribution is 2.41. The molecule has 0 amide bonds. The van der Waals surface area contributed by atoms with Crippen LogP contribution in [-0.4, -0.2) is 12.4 Å². The van der Waals surface area contributed by atoms with E-state index in [-0.39, 0.29) is 5.56 Å². The molecule has 0 heterocycles. The van der Waals surface area contributed by atoms with Gasteiger partial charge in [-0.05, 0) is 5.56 Å². The smallest absolute Gasteiger partial charge is 0.211 e. The Hall–Kier alpha value is -1.53. The van der Waals surface area contributed by atoms with Crippen LogP contribution in [0, 0.1) is 0 Å². The monoisotopic (exact) mass is 272 g/mol. The molecule has 0 fully saturated rings. The summed E-state index contributed by atoms with van der Waals surface area (Å²) in [6, 6.07) is 6.78. The van der Waals surface area contributed by atoms with Crippen LogP contribution in [0.2, 0.25) is 0 Å². The number of benzene rings is 1. The zero-order valence-corrected chi connectivity index (χ0v) is 8.74. The molecule has 0 bridgehead atoms. The average Bonchev–Trinajstić information content (AvgIpc) is 2.13. The SMILES string of the molecule is FC(Cc1ccccc1)=C(C(F)(F)F)C(F)(F)F. The topological polar surface area (TPSA) is 0 Å². The van der Waals surface area contributed by atoms with E-state index in [0.29, 0.717) is 0 Å². The van der Waals surface area contributed by atoms with E-state index in [1.807, 2.05) is 0 Å². The van der Waals surface area contributed by atoms with Gasteiger partial charge in [0.25, 0.3) is 0 Å². The molecule has 0 aliphatic heterocycles. The van der Waals surface area contributed by atoms with Crippen molar-refractivity contribution in [1.29, 1.82) is 0 Å². The molecule has 0 unspecified atom stereocenters. The molecule has 0 nitrogen and oxygen atoms in total. The summed E-state index contributed by atoms with van der Waals surface area (Å²) in [5.41, 5.74) is -3.06. The summed E-state index contributed by atoms with van der Waals surface area (Å²) in [6.07, 6.45) is -12.6. The van der Waals surface area contributed by atoms with E-state index in [2.05, 4.69) is 0 Å². The van der Waals surface area contributed by atoms with Crippen LogP contribution >= 0.6 is 0 Å². The van der Waals surface area contributed by atoms with Crippen LogP contribution < -0.4 is 0 Å². The number of halogens is 7. The predicted molar refractivity (Wildman–Crippen MR) is 50.4 cm³/mol. The Kier molecular flexibility index (Phi) is 4.03. The summed E-state index contributed by atoms with van der Waals surface area (Å²) in [7, 11) is 0. The molecular formula is C11H7F7. The van der Waals surface area contributed by atoms with E-state index < -0.39 is 30.2 Å². The Balaban J connectivity index is 3.14. The molecule has 0 radical (unpaired) electrons. The van der Waals surface area contributed by atoms with E-state index >= 15 is 0 Å². The van der Waals surface area contributed by atoms with Crippen molar-refractivity contribution in [2.24, 2.45) is 0 Å². The molecule has 1 aromatic carbocycles. The Morgan fingerprint density at radius 2 is 1.28 bits per heavy atom. The highest BCUT2D eigenvalue weighted by molar-refractivity contribution is 5.26. The van der Waals surface area contributed by atoms with Gasteiger partial charge < -0.3 is 0 Å². The third-order valence-electron chi connectivity index (χ3n) is 2.04. The van der Waals surface area contributed by atoms with Gasteiger partial charge in [0.05, 0.1) is 0 Å². The van der Waals surface area contributed by atoms with Crippen LogP contribution in [0.25, 0.3) is 0 Å². The molecule has 0 saturated carbocycles. The first-order chi connectivity index (χ1) is 8.12. The lowest BCUT2D eigenvalue weighted by molar-refractivity contribution is -0.174. The summed E-state index contributed by atoms with van der Waals surface area (Å²) >= 11 is 0. The maximum Gasteiger partial charge on any atom is 0.423 e.